The minimum absolute atomic E-state index is 0.343. The van der Waals surface area contributed by atoms with Crippen LogP contribution in [0.4, 0.5) is 0 Å². The summed E-state index contributed by atoms with van der Waals surface area (Å²) in [6.07, 6.45) is 1.70. The van der Waals surface area contributed by atoms with Crippen molar-refractivity contribution in [3.63, 3.8) is 0 Å². The maximum absolute atomic E-state index is 9.37. The smallest absolute Gasteiger partial charge is 0.466 e. The van der Waals surface area contributed by atoms with Crippen LogP contribution in [0.15, 0.2) is 30.5 Å². The molecule has 6 nitrogen and oxygen atoms in total. The van der Waals surface area contributed by atoms with E-state index in [4.69, 9.17) is 19.2 Å². The van der Waals surface area contributed by atoms with E-state index in [0.29, 0.717) is 5.75 Å². The zero-order valence-electron chi connectivity index (χ0n) is 7.86. The average molecular weight is 357 g/mol. The molecule has 88 valence electrons. The largest absolute Gasteiger partial charge is 0.506 e. The van der Waals surface area contributed by atoms with Gasteiger partial charge in [-0.3, -0.25) is 2.78 Å². The van der Waals surface area contributed by atoms with Gasteiger partial charge in [-0.05, 0) is 12.1 Å². The molecule has 0 saturated heterocycles. The van der Waals surface area contributed by atoms with E-state index in [1.54, 1.807) is 6.20 Å². The normalized spacial score (nSPS) is 11.0. The van der Waals surface area contributed by atoms with Crippen molar-refractivity contribution in [2.75, 3.05) is 0 Å². The van der Waals surface area contributed by atoms with Crippen molar-refractivity contribution >= 4 is 41.6 Å². The monoisotopic (exact) mass is 357 g/mol. The van der Waals surface area contributed by atoms with Crippen molar-refractivity contribution in [3.8, 4) is 5.75 Å². The summed E-state index contributed by atoms with van der Waals surface area (Å²) in [7, 11) is -4.64. The van der Waals surface area contributed by atoms with Gasteiger partial charge in [0.1, 0.15) is 5.75 Å². The van der Waals surface area contributed by atoms with Crippen molar-refractivity contribution in [2.24, 2.45) is 0 Å². The maximum atomic E-state index is 9.37. The number of phosphoric acid groups is 1. The van der Waals surface area contributed by atoms with Gasteiger partial charge in [0.05, 0.1) is 34.6 Å². The third-order valence-corrected chi connectivity index (χ3v) is 2.44. The van der Waals surface area contributed by atoms with E-state index in [1.165, 1.54) is 0 Å². The number of para-hydroxylation sites is 1. The fourth-order valence-electron chi connectivity index (χ4n) is 1.12. The van der Waals surface area contributed by atoms with Crippen LogP contribution in [-0.4, -0.2) is 22.6 Å². The predicted octanol–water partition coefficient (Wildman–Crippen LogP) is 1.62. The Hall–Kier alpha value is -0.600. The zero-order chi connectivity index (χ0) is 12.3. The lowest BCUT2D eigenvalue weighted by atomic mass is 10.2. The summed E-state index contributed by atoms with van der Waals surface area (Å²) in [5.74, 6) is 0.343. The highest BCUT2D eigenvalue weighted by Gasteiger charge is 2.02. The second-order valence-corrected chi connectivity index (χ2v) is 4.92. The fourth-order valence-corrected chi connectivity index (χ4v) is 1.81. The zero-order valence-corrected chi connectivity index (χ0v) is 10.9. The van der Waals surface area contributed by atoms with Crippen LogP contribution in [-0.2, 0) is 4.57 Å². The molecule has 1 aromatic heterocycles. The van der Waals surface area contributed by atoms with Gasteiger partial charge in [-0.2, -0.15) is 0 Å². The number of aromatic nitrogens is 1. The first-order chi connectivity index (χ1) is 7.29. The molecule has 0 aliphatic heterocycles. The molecular weight excluding hydrogens is 348 g/mol. The van der Waals surface area contributed by atoms with E-state index in [0.717, 1.165) is 10.9 Å². The molecule has 1 aromatic carbocycles. The molecule has 0 aliphatic carbocycles. The summed E-state index contributed by atoms with van der Waals surface area (Å²) < 4.78 is 10.8. The molecule has 8 heteroatoms. The molecule has 0 unspecified atom stereocenters. The minimum atomic E-state index is -4.64. The Balaban J connectivity index is 0.000000221. The second-order valence-electron chi connectivity index (χ2n) is 2.86. The standard InChI is InChI=1S/C8H6INO.H3O4P/c9-10-5-8(11)6-3-1-2-4-7(6)10;1-5(2,3)4/h1-5,11H;(H3,1,2,3,4). The Labute approximate surface area is 105 Å². The van der Waals surface area contributed by atoms with Gasteiger partial charge in [-0.15, -0.1) is 0 Å². The van der Waals surface area contributed by atoms with Gasteiger partial charge in [-0.1, -0.05) is 12.1 Å². The van der Waals surface area contributed by atoms with Gasteiger partial charge in [0.15, 0.2) is 0 Å². The molecule has 16 heavy (non-hydrogen) atoms. The van der Waals surface area contributed by atoms with E-state index in [1.807, 2.05) is 27.0 Å². The molecule has 0 bridgehead atoms. The lowest BCUT2D eigenvalue weighted by molar-refractivity contribution is 0.275. The van der Waals surface area contributed by atoms with Crippen LogP contribution in [0.25, 0.3) is 10.9 Å². The van der Waals surface area contributed by atoms with E-state index in [2.05, 4.69) is 22.9 Å². The third-order valence-electron chi connectivity index (χ3n) is 1.65. The summed E-state index contributed by atoms with van der Waals surface area (Å²) in [5.41, 5.74) is 1.05. The third kappa shape index (κ3) is 4.11. The van der Waals surface area contributed by atoms with Crippen LogP contribution in [0.3, 0.4) is 0 Å². The van der Waals surface area contributed by atoms with Crippen LogP contribution in [0.2, 0.25) is 0 Å². The molecular formula is C8H9INO5P. The lowest BCUT2D eigenvalue weighted by Gasteiger charge is -1.89. The Morgan fingerprint density at radius 3 is 2.19 bits per heavy atom. The lowest BCUT2D eigenvalue weighted by Crippen LogP contribution is -1.71. The van der Waals surface area contributed by atoms with Crippen LogP contribution >= 0.6 is 30.7 Å². The molecule has 0 fully saturated rings. The average Bonchev–Trinajstić information content (AvgIpc) is 2.41. The summed E-state index contributed by atoms with van der Waals surface area (Å²) in [6.45, 7) is 0. The van der Waals surface area contributed by atoms with Gasteiger partial charge in [-0.25, -0.2) is 4.57 Å². The van der Waals surface area contributed by atoms with E-state index in [9.17, 15) is 5.11 Å². The molecule has 0 aliphatic rings. The molecule has 0 radical (unpaired) electrons. The Morgan fingerprint density at radius 1 is 1.19 bits per heavy atom. The molecule has 0 saturated carbocycles. The van der Waals surface area contributed by atoms with Crippen LogP contribution in [0.1, 0.15) is 0 Å². The van der Waals surface area contributed by atoms with Gasteiger partial charge in [0.25, 0.3) is 0 Å². The summed E-state index contributed by atoms with van der Waals surface area (Å²) in [6, 6.07) is 7.75. The quantitative estimate of drug-likeness (QED) is 0.424. The molecule has 1 heterocycles. The van der Waals surface area contributed by atoms with Gasteiger partial charge in [0, 0.05) is 5.39 Å². The van der Waals surface area contributed by atoms with Crippen molar-refractivity contribution in [2.45, 2.75) is 0 Å². The minimum Gasteiger partial charge on any atom is -0.506 e. The Kier molecular flexibility index (Phi) is 4.34. The number of rotatable bonds is 0. The summed E-state index contributed by atoms with van der Waals surface area (Å²) in [5, 5.41) is 10.3. The number of aromatic hydroxyl groups is 1. The molecule has 2 rings (SSSR count). The second kappa shape index (κ2) is 5.15. The summed E-state index contributed by atoms with van der Waals surface area (Å²) >= 11 is 2.14. The summed E-state index contributed by atoms with van der Waals surface area (Å²) in [4.78, 5) is 21.6. The van der Waals surface area contributed by atoms with Gasteiger partial charge < -0.3 is 19.8 Å². The number of hydrogen-bond acceptors (Lipinski definition) is 2. The molecule has 0 amide bonds. The number of hydrogen-bond donors (Lipinski definition) is 4. The van der Waals surface area contributed by atoms with Crippen molar-refractivity contribution in [1.82, 2.24) is 2.78 Å². The first-order valence-electron chi connectivity index (χ1n) is 4.02. The number of fused-ring (bicyclic) bond motifs is 1. The molecule has 0 atom stereocenters. The first kappa shape index (κ1) is 13.5. The molecule has 2 aromatic rings. The highest BCUT2D eigenvalue weighted by molar-refractivity contribution is 14.1. The van der Waals surface area contributed by atoms with Crippen LogP contribution in [0, 0.1) is 0 Å². The van der Waals surface area contributed by atoms with E-state index in [-0.39, 0.29) is 0 Å². The van der Waals surface area contributed by atoms with E-state index >= 15 is 0 Å². The Morgan fingerprint density at radius 2 is 1.69 bits per heavy atom. The van der Waals surface area contributed by atoms with Crippen molar-refractivity contribution in [1.29, 1.82) is 0 Å². The van der Waals surface area contributed by atoms with Crippen molar-refractivity contribution < 1.29 is 24.4 Å². The van der Waals surface area contributed by atoms with Gasteiger partial charge in [0.2, 0.25) is 0 Å². The van der Waals surface area contributed by atoms with Crippen LogP contribution < -0.4 is 0 Å². The van der Waals surface area contributed by atoms with E-state index < -0.39 is 7.82 Å². The van der Waals surface area contributed by atoms with Crippen molar-refractivity contribution in [3.05, 3.63) is 30.5 Å². The maximum Gasteiger partial charge on any atom is 0.466 e. The Bertz CT molecular complexity index is 490. The number of nitrogens with zero attached hydrogens (tertiary/aromatic N) is 1. The van der Waals surface area contributed by atoms with Gasteiger partial charge >= 0.3 is 7.82 Å². The highest BCUT2D eigenvalue weighted by Crippen LogP contribution is 2.27. The predicted molar refractivity (Wildman–Crippen MR) is 67.3 cm³/mol. The molecule has 0 spiro atoms. The van der Waals surface area contributed by atoms with Crippen LogP contribution in [0.5, 0.6) is 5.75 Å². The first-order valence-corrected chi connectivity index (χ1v) is 6.55. The molecule has 4 N–H and O–H groups in total. The fraction of sp³-hybridized carbons (Fsp3) is 0. The number of halogens is 1. The number of benzene rings is 1. The topological polar surface area (TPSA) is 103 Å². The highest BCUT2D eigenvalue weighted by atomic mass is 127. The SMILES string of the molecule is O=P(O)(O)O.Oc1cn(I)c2ccccc12.